The van der Waals surface area contributed by atoms with Crippen LogP contribution in [-0.2, 0) is 0 Å². The lowest BCUT2D eigenvalue weighted by Crippen LogP contribution is -1.94. The molecule has 1 saturated carbocycles. The minimum absolute atomic E-state index is 0.637. The highest BCUT2D eigenvalue weighted by molar-refractivity contribution is 5.48. The molecule has 0 spiro atoms. The van der Waals surface area contributed by atoms with Crippen LogP contribution in [0, 0.1) is 17.2 Å². The van der Waals surface area contributed by atoms with Gasteiger partial charge in [-0.25, -0.2) is 0 Å². The minimum Gasteiger partial charge on any atom is -0.192 e. The smallest absolute Gasteiger partial charge is 0.0994 e. The Morgan fingerprint density at radius 1 is 1.53 bits per heavy atom. The fourth-order valence-corrected chi connectivity index (χ4v) is 1.77. The summed E-state index contributed by atoms with van der Waals surface area (Å²) in [7, 11) is 0. The Morgan fingerprint density at radius 2 is 2.27 bits per heavy atom. The molecule has 1 aliphatic rings. The molecular weight excluding hydrogens is 182 g/mol. The maximum Gasteiger partial charge on any atom is 0.0994 e. The first-order chi connectivity index (χ1) is 7.26. The highest BCUT2D eigenvalue weighted by atomic mass is 14.3. The number of allylic oxidation sites excluding steroid dienone is 1. The van der Waals surface area contributed by atoms with Gasteiger partial charge in [0.15, 0.2) is 0 Å². The Balaban J connectivity index is 2.38. The summed E-state index contributed by atoms with van der Waals surface area (Å²) < 4.78 is 0. The molecule has 0 amide bonds. The van der Waals surface area contributed by atoms with Crippen molar-refractivity contribution in [3.63, 3.8) is 0 Å². The van der Waals surface area contributed by atoms with Crippen LogP contribution in [0.1, 0.15) is 42.4 Å². The van der Waals surface area contributed by atoms with E-state index in [-0.39, 0.29) is 0 Å². The molecule has 1 heteroatoms. The third-order valence-corrected chi connectivity index (χ3v) is 2.95. The van der Waals surface area contributed by atoms with Crippen LogP contribution in [-0.4, -0.2) is 0 Å². The molecule has 0 saturated heterocycles. The highest BCUT2D eigenvalue weighted by Gasteiger charge is 2.26. The Kier molecular flexibility index (Phi) is 2.60. The maximum atomic E-state index is 9.09. The van der Waals surface area contributed by atoms with Crippen LogP contribution in [0.2, 0.25) is 0 Å². The molecule has 1 nitrogen and oxygen atoms in total. The zero-order valence-corrected chi connectivity index (χ0v) is 8.96. The quantitative estimate of drug-likeness (QED) is 0.725. The standard InChI is InChI=1S/C14H14N/c1-3-10(2)12-6-7-14(11-4-5-11)13(8-12)9-15/h3,6-8,11H,1,4-5H2,2H3. The summed E-state index contributed by atoms with van der Waals surface area (Å²) in [4.78, 5) is 0. The molecule has 1 radical (unpaired) electrons. The average Bonchev–Trinajstić information content (AvgIpc) is 3.11. The highest BCUT2D eigenvalue weighted by Crippen LogP contribution is 2.42. The van der Waals surface area contributed by atoms with E-state index in [4.69, 9.17) is 5.26 Å². The molecule has 1 aromatic carbocycles. The van der Waals surface area contributed by atoms with E-state index in [9.17, 15) is 0 Å². The zero-order valence-electron chi connectivity index (χ0n) is 8.96. The zero-order chi connectivity index (χ0) is 10.8. The molecule has 1 aliphatic carbocycles. The number of benzene rings is 1. The first kappa shape index (κ1) is 9.98. The Morgan fingerprint density at radius 3 is 2.80 bits per heavy atom. The first-order valence-corrected chi connectivity index (χ1v) is 5.26. The fraction of sp³-hybridized carbons (Fsp3) is 0.286. The van der Waals surface area contributed by atoms with E-state index in [2.05, 4.69) is 24.8 Å². The largest absolute Gasteiger partial charge is 0.192 e. The third kappa shape index (κ3) is 1.94. The third-order valence-electron chi connectivity index (χ3n) is 2.95. The van der Waals surface area contributed by atoms with Crippen molar-refractivity contribution in [2.45, 2.75) is 25.7 Å². The molecule has 1 aromatic rings. The molecule has 0 aliphatic heterocycles. The van der Waals surface area contributed by atoms with Gasteiger partial charge >= 0.3 is 0 Å². The molecule has 1 fully saturated rings. The summed E-state index contributed by atoms with van der Waals surface area (Å²) in [6.07, 6.45) is 4.30. The van der Waals surface area contributed by atoms with Crippen LogP contribution in [0.25, 0.3) is 0 Å². The summed E-state index contributed by atoms with van der Waals surface area (Å²) in [5.74, 6) is 1.76. The van der Waals surface area contributed by atoms with E-state index in [1.54, 1.807) is 0 Å². The molecule has 0 unspecified atom stereocenters. The Hall–Kier alpha value is -1.55. The van der Waals surface area contributed by atoms with Gasteiger partial charge in [-0.1, -0.05) is 25.1 Å². The predicted molar refractivity (Wildman–Crippen MR) is 61.3 cm³/mol. The molecule has 0 aromatic heterocycles. The normalized spacial score (nSPS) is 15.0. The van der Waals surface area contributed by atoms with Crippen molar-refractivity contribution in [3.05, 3.63) is 53.5 Å². The summed E-state index contributed by atoms with van der Waals surface area (Å²) in [6, 6.07) is 8.45. The first-order valence-electron chi connectivity index (χ1n) is 5.26. The second-order valence-electron chi connectivity index (χ2n) is 4.08. The SMILES string of the molecule is C=C[C](C)c1ccc(C2CC2)c(C#N)c1. The molecule has 0 atom stereocenters. The molecular formula is C14H14N. The lowest BCUT2D eigenvalue weighted by molar-refractivity contribution is 1.11. The molecule has 15 heavy (non-hydrogen) atoms. The van der Waals surface area contributed by atoms with Crippen molar-refractivity contribution in [2.75, 3.05) is 0 Å². The number of hydrogen-bond acceptors (Lipinski definition) is 1. The second-order valence-corrected chi connectivity index (χ2v) is 4.08. The fourth-order valence-electron chi connectivity index (χ4n) is 1.77. The summed E-state index contributed by atoms with van der Waals surface area (Å²) in [5.41, 5.74) is 3.15. The second kappa shape index (κ2) is 3.90. The number of rotatable bonds is 3. The van der Waals surface area contributed by atoms with Crippen molar-refractivity contribution in [3.8, 4) is 6.07 Å². The summed E-state index contributed by atoms with van der Waals surface area (Å²) >= 11 is 0. The lowest BCUT2D eigenvalue weighted by atomic mass is 9.95. The number of hydrogen-bond donors (Lipinski definition) is 0. The van der Waals surface area contributed by atoms with Crippen molar-refractivity contribution in [1.29, 1.82) is 5.26 Å². The van der Waals surface area contributed by atoms with Gasteiger partial charge in [-0.2, -0.15) is 5.26 Å². The monoisotopic (exact) mass is 196 g/mol. The van der Waals surface area contributed by atoms with Crippen LogP contribution in [0.5, 0.6) is 0 Å². The van der Waals surface area contributed by atoms with E-state index in [0.717, 1.165) is 17.0 Å². The van der Waals surface area contributed by atoms with Gasteiger partial charge < -0.3 is 0 Å². The van der Waals surface area contributed by atoms with Crippen LogP contribution in [0.3, 0.4) is 0 Å². The van der Waals surface area contributed by atoms with E-state index >= 15 is 0 Å². The Bertz CT molecular complexity index is 421. The van der Waals surface area contributed by atoms with E-state index < -0.39 is 0 Å². The van der Waals surface area contributed by atoms with Gasteiger partial charge in [0.1, 0.15) is 0 Å². The van der Waals surface area contributed by atoms with Crippen LogP contribution >= 0.6 is 0 Å². The van der Waals surface area contributed by atoms with Gasteiger partial charge in [0.2, 0.25) is 0 Å². The molecule has 0 heterocycles. The van der Waals surface area contributed by atoms with E-state index in [1.165, 1.54) is 18.4 Å². The van der Waals surface area contributed by atoms with Crippen LogP contribution in [0.4, 0.5) is 0 Å². The van der Waals surface area contributed by atoms with Crippen molar-refractivity contribution < 1.29 is 0 Å². The summed E-state index contributed by atoms with van der Waals surface area (Å²) in [6.45, 7) is 5.76. The molecule has 2 rings (SSSR count). The number of nitriles is 1. The average molecular weight is 196 g/mol. The van der Waals surface area contributed by atoms with E-state index in [1.807, 2.05) is 19.1 Å². The van der Waals surface area contributed by atoms with Gasteiger partial charge in [-0.05, 0) is 36.0 Å². The topological polar surface area (TPSA) is 23.8 Å². The Labute approximate surface area is 91.0 Å². The summed E-state index contributed by atoms with van der Waals surface area (Å²) in [5, 5.41) is 9.09. The maximum absolute atomic E-state index is 9.09. The van der Waals surface area contributed by atoms with Crippen LogP contribution in [0.15, 0.2) is 30.9 Å². The van der Waals surface area contributed by atoms with Crippen molar-refractivity contribution in [2.24, 2.45) is 0 Å². The molecule has 0 bridgehead atoms. The van der Waals surface area contributed by atoms with Crippen molar-refractivity contribution in [1.82, 2.24) is 0 Å². The van der Waals surface area contributed by atoms with Gasteiger partial charge in [-0.15, -0.1) is 6.58 Å². The molecule has 75 valence electrons. The van der Waals surface area contributed by atoms with Gasteiger partial charge in [-0.3, -0.25) is 0 Å². The predicted octanol–water partition coefficient (Wildman–Crippen LogP) is 3.56. The number of nitrogens with zero attached hydrogens (tertiary/aromatic N) is 1. The lowest BCUT2D eigenvalue weighted by Gasteiger charge is -2.08. The molecule has 0 N–H and O–H groups in total. The van der Waals surface area contributed by atoms with Crippen LogP contribution < -0.4 is 0 Å². The van der Waals surface area contributed by atoms with Gasteiger partial charge in [0, 0.05) is 5.92 Å². The minimum atomic E-state index is 0.637. The van der Waals surface area contributed by atoms with E-state index in [0.29, 0.717) is 5.92 Å². The van der Waals surface area contributed by atoms with Gasteiger partial charge in [0.05, 0.1) is 11.6 Å². The van der Waals surface area contributed by atoms with Gasteiger partial charge in [0.25, 0.3) is 0 Å². The van der Waals surface area contributed by atoms with Crippen molar-refractivity contribution >= 4 is 0 Å².